The van der Waals surface area contributed by atoms with Crippen molar-refractivity contribution in [2.24, 2.45) is 0 Å². The Balaban J connectivity index is 1.71. The first-order valence-electron chi connectivity index (χ1n) is 10.8. The number of aryl methyl sites for hydroxylation is 4. The van der Waals surface area contributed by atoms with Crippen molar-refractivity contribution in [3.05, 3.63) is 85.5 Å². The first-order chi connectivity index (χ1) is 15.6. The van der Waals surface area contributed by atoms with Gasteiger partial charge in [-0.15, -0.1) is 11.3 Å². The Morgan fingerprint density at radius 3 is 2.81 bits per heavy atom. The highest BCUT2D eigenvalue weighted by Gasteiger charge is 2.23. The summed E-state index contributed by atoms with van der Waals surface area (Å²) >= 11 is 3.20. The van der Waals surface area contributed by atoms with Crippen LogP contribution in [0.1, 0.15) is 45.5 Å². The molecule has 2 aromatic heterocycles. The molecule has 0 fully saturated rings. The van der Waals surface area contributed by atoms with Gasteiger partial charge in [0.05, 0.1) is 22.7 Å². The Hall–Kier alpha value is -2.88. The third-order valence-corrected chi connectivity index (χ3v) is 8.23. The molecule has 0 amide bonds. The average molecular weight is 458 g/mol. The highest BCUT2D eigenvalue weighted by molar-refractivity contribution is 7.98. The van der Waals surface area contributed by atoms with Gasteiger partial charge in [0, 0.05) is 10.6 Å². The summed E-state index contributed by atoms with van der Waals surface area (Å²) in [6, 6.07) is 16.1. The number of rotatable bonds is 4. The summed E-state index contributed by atoms with van der Waals surface area (Å²) in [5.74, 6) is 0.581. The Morgan fingerprint density at radius 2 is 1.97 bits per heavy atom. The van der Waals surface area contributed by atoms with Crippen LogP contribution >= 0.6 is 23.1 Å². The Morgan fingerprint density at radius 1 is 1.16 bits per heavy atom. The third kappa shape index (κ3) is 3.66. The fourth-order valence-corrected chi connectivity index (χ4v) is 6.67. The topological polar surface area (TPSA) is 58.7 Å². The Bertz CT molecular complexity index is 1440. The third-order valence-electron chi connectivity index (χ3n) is 6.06. The number of hydrogen-bond donors (Lipinski definition) is 0. The van der Waals surface area contributed by atoms with Crippen molar-refractivity contribution >= 4 is 33.3 Å². The minimum Gasteiger partial charge on any atom is -0.268 e. The summed E-state index contributed by atoms with van der Waals surface area (Å²) in [5, 5.41) is 10.9. The normalized spacial score (nSPS) is 13.2. The van der Waals surface area contributed by atoms with Gasteiger partial charge in [0.15, 0.2) is 5.16 Å². The lowest BCUT2D eigenvalue weighted by Gasteiger charge is -2.16. The van der Waals surface area contributed by atoms with E-state index in [1.54, 1.807) is 15.9 Å². The van der Waals surface area contributed by atoms with E-state index in [1.807, 2.05) is 38.1 Å². The summed E-state index contributed by atoms with van der Waals surface area (Å²) in [6.07, 6.45) is 4.30. The van der Waals surface area contributed by atoms with E-state index >= 15 is 0 Å². The molecule has 0 atom stereocenters. The number of thioether (sulfide) groups is 1. The molecule has 0 spiro atoms. The van der Waals surface area contributed by atoms with Crippen LogP contribution in [-0.2, 0) is 18.6 Å². The zero-order chi connectivity index (χ0) is 22.2. The largest absolute Gasteiger partial charge is 0.268 e. The number of aromatic nitrogens is 2. The van der Waals surface area contributed by atoms with Crippen LogP contribution in [0, 0.1) is 25.2 Å². The maximum absolute atomic E-state index is 13.9. The van der Waals surface area contributed by atoms with Crippen LogP contribution in [0.25, 0.3) is 15.9 Å². The molecule has 4 aromatic rings. The molecule has 4 nitrogen and oxygen atoms in total. The molecule has 0 saturated heterocycles. The molecule has 2 aromatic carbocycles. The molecule has 32 heavy (non-hydrogen) atoms. The van der Waals surface area contributed by atoms with E-state index in [9.17, 15) is 10.1 Å². The van der Waals surface area contributed by atoms with Gasteiger partial charge in [0.2, 0.25) is 0 Å². The molecule has 0 radical (unpaired) electrons. The fourth-order valence-electron chi connectivity index (χ4n) is 4.35. The van der Waals surface area contributed by atoms with E-state index in [0.29, 0.717) is 16.5 Å². The van der Waals surface area contributed by atoms with Gasteiger partial charge in [-0.1, -0.05) is 42.1 Å². The van der Waals surface area contributed by atoms with Gasteiger partial charge < -0.3 is 0 Å². The fraction of sp³-hybridized carbons (Fsp3) is 0.269. The van der Waals surface area contributed by atoms with E-state index in [1.165, 1.54) is 28.6 Å². The lowest BCUT2D eigenvalue weighted by atomic mass is 9.97. The minimum atomic E-state index is 0.0270. The van der Waals surface area contributed by atoms with Crippen LogP contribution in [-0.4, -0.2) is 9.55 Å². The molecule has 0 unspecified atom stereocenters. The van der Waals surface area contributed by atoms with Crippen molar-refractivity contribution in [3.63, 3.8) is 0 Å². The molecule has 1 aliphatic rings. The van der Waals surface area contributed by atoms with Gasteiger partial charge in [-0.05, 0) is 73.9 Å². The molecule has 0 aliphatic heterocycles. The number of benzene rings is 2. The van der Waals surface area contributed by atoms with Gasteiger partial charge in [-0.25, -0.2) is 4.98 Å². The lowest BCUT2D eigenvalue weighted by Crippen LogP contribution is -2.23. The van der Waals surface area contributed by atoms with E-state index in [4.69, 9.17) is 4.98 Å². The summed E-state index contributed by atoms with van der Waals surface area (Å²) in [4.78, 5) is 21.1. The molecule has 0 N–H and O–H groups in total. The first kappa shape index (κ1) is 21.0. The average Bonchev–Trinajstić information content (AvgIpc) is 3.18. The summed E-state index contributed by atoms with van der Waals surface area (Å²) in [7, 11) is 0. The van der Waals surface area contributed by atoms with Crippen molar-refractivity contribution in [2.75, 3.05) is 0 Å². The van der Waals surface area contributed by atoms with Crippen LogP contribution in [0.5, 0.6) is 0 Å². The SMILES string of the molecule is Cc1ccc(C)c(-n2c(SCc3ccccc3C#N)nc3sc4c(c3c2=O)CCCC4)c1. The summed E-state index contributed by atoms with van der Waals surface area (Å²) < 4.78 is 1.80. The van der Waals surface area contributed by atoms with Crippen LogP contribution in [0.3, 0.4) is 0 Å². The van der Waals surface area contributed by atoms with Crippen molar-refractivity contribution in [2.45, 2.75) is 50.4 Å². The quantitative estimate of drug-likeness (QED) is 0.274. The molecule has 6 heteroatoms. The van der Waals surface area contributed by atoms with Crippen LogP contribution in [0.2, 0.25) is 0 Å². The van der Waals surface area contributed by atoms with Gasteiger partial charge in [-0.2, -0.15) is 5.26 Å². The number of nitriles is 1. The predicted octanol–water partition coefficient (Wildman–Crippen LogP) is 6.11. The maximum atomic E-state index is 13.9. The molecule has 160 valence electrons. The highest BCUT2D eigenvalue weighted by Crippen LogP contribution is 2.36. The minimum absolute atomic E-state index is 0.0270. The number of hydrogen-bond acceptors (Lipinski definition) is 5. The van der Waals surface area contributed by atoms with Crippen molar-refractivity contribution in [3.8, 4) is 11.8 Å². The zero-order valence-electron chi connectivity index (χ0n) is 18.1. The molecule has 0 bridgehead atoms. The van der Waals surface area contributed by atoms with Crippen LogP contribution < -0.4 is 5.56 Å². The van der Waals surface area contributed by atoms with E-state index < -0.39 is 0 Å². The second-order valence-corrected chi connectivity index (χ2v) is 10.3. The second-order valence-electron chi connectivity index (χ2n) is 8.27. The van der Waals surface area contributed by atoms with Gasteiger partial charge in [0.25, 0.3) is 5.56 Å². The lowest BCUT2D eigenvalue weighted by molar-refractivity contribution is 0.699. The predicted molar refractivity (Wildman–Crippen MR) is 132 cm³/mol. The molecular weight excluding hydrogens is 434 g/mol. The summed E-state index contributed by atoms with van der Waals surface area (Å²) in [6.45, 7) is 4.08. The van der Waals surface area contributed by atoms with Crippen molar-refractivity contribution in [1.29, 1.82) is 5.26 Å². The molecule has 5 rings (SSSR count). The zero-order valence-corrected chi connectivity index (χ0v) is 19.8. The van der Waals surface area contributed by atoms with Crippen LogP contribution in [0.15, 0.2) is 52.4 Å². The van der Waals surface area contributed by atoms with Crippen molar-refractivity contribution < 1.29 is 0 Å². The molecular formula is C26H23N3OS2. The van der Waals surface area contributed by atoms with Gasteiger partial charge in [0.1, 0.15) is 4.83 Å². The second kappa shape index (κ2) is 8.57. The number of fused-ring (bicyclic) bond motifs is 3. The van der Waals surface area contributed by atoms with Crippen molar-refractivity contribution in [1.82, 2.24) is 9.55 Å². The molecule has 1 aliphatic carbocycles. The Labute approximate surface area is 195 Å². The number of nitrogens with zero attached hydrogens (tertiary/aromatic N) is 3. The van der Waals surface area contributed by atoms with E-state index in [-0.39, 0.29) is 5.56 Å². The van der Waals surface area contributed by atoms with E-state index in [0.717, 1.165) is 51.9 Å². The molecule has 0 saturated carbocycles. The van der Waals surface area contributed by atoms with E-state index in [2.05, 4.69) is 24.3 Å². The number of thiophene rings is 1. The maximum Gasteiger partial charge on any atom is 0.267 e. The monoisotopic (exact) mass is 457 g/mol. The smallest absolute Gasteiger partial charge is 0.267 e. The Kier molecular flexibility index (Phi) is 5.62. The first-order valence-corrected chi connectivity index (χ1v) is 12.6. The standard InChI is InChI=1S/C26H23N3OS2/c1-16-11-12-17(2)21(13-16)29-25(30)23-20-9-5-6-10-22(20)32-24(23)28-26(29)31-15-19-8-4-3-7-18(19)14-27/h3-4,7-8,11-13H,5-6,9-10,15H2,1-2H3. The van der Waals surface area contributed by atoms with Gasteiger partial charge >= 0.3 is 0 Å². The highest BCUT2D eigenvalue weighted by atomic mass is 32.2. The van der Waals surface area contributed by atoms with Crippen LogP contribution in [0.4, 0.5) is 0 Å². The molecule has 2 heterocycles. The van der Waals surface area contributed by atoms with Gasteiger partial charge in [-0.3, -0.25) is 9.36 Å². The summed E-state index contributed by atoms with van der Waals surface area (Å²) in [5.41, 5.74) is 5.88.